The van der Waals surface area contributed by atoms with Crippen molar-refractivity contribution in [2.24, 2.45) is 0 Å². The van der Waals surface area contributed by atoms with Crippen LogP contribution in [0.25, 0.3) is 0 Å². The summed E-state index contributed by atoms with van der Waals surface area (Å²) >= 11 is 0. The molecule has 1 aromatic heterocycles. The van der Waals surface area contributed by atoms with Crippen molar-refractivity contribution in [2.45, 2.75) is 38.5 Å². The third kappa shape index (κ3) is 3.39. The molecule has 1 atom stereocenters. The Kier molecular flexibility index (Phi) is 4.88. The maximum atomic E-state index is 4.15. The smallest absolute Gasteiger partial charge is 0.115 e. The van der Waals surface area contributed by atoms with Gasteiger partial charge in [0.25, 0.3) is 0 Å². The number of hydrogen-bond donors (Lipinski definition) is 0. The van der Waals surface area contributed by atoms with Crippen LogP contribution in [0.1, 0.15) is 49.7 Å². The maximum absolute atomic E-state index is 4.15. The van der Waals surface area contributed by atoms with Gasteiger partial charge in [-0.1, -0.05) is 56.5 Å². The second-order valence-corrected chi connectivity index (χ2v) is 4.63. The van der Waals surface area contributed by atoms with E-state index in [-0.39, 0.29) is 0 Å². The van der Waals surface area contributed by atoms with E-state index in [0.29, 0.717) is 5.92 Å². The van der Waals surface area contributed by atoms with Crippen molar-refractivity contribution in [2.75, 3.05) is 0 Å². The average molecular weight is 240 g/mol. The Morgan fingerprint density at radius 3 is 2.33 bits per heavy atom. The predicted molar refractivity (Wildman–Crippen MR) is 74.5 cm³/mol. The fraction of sp³-hybridized carbons (Fsp3) is 0.375. The van der Waals surface area contributed by atoms with Gasteiger partial charge in [0.1, 0.15) is 6.33 Å². The van der Waals surface area contributed by atoms with Crippen LogP contribution in [0.3, 0.4) is 0 Å². The zero-order valence-electron chi connectivity index (χ0n) is 10.9. The van der Waals surface area contributed by atoms with Gasteiger partial charge >= 0.3 is 0 Å². The predicted octanol–water partition coefficient (Wildman–Crippen LogP) is 4.19. The third-order valence-corrected chi connectivity index (χ3v) is 3.28. The largest absolute Gasteiger partial charge is 0.245 e. The van der Waals surface area contributed by atoms with Crippen molar-refractivity contribution in [3.05, 3.63) is 60.2 Å². The fourth-order valence-electron chi connectivity index (χ4n) is 2.30. The Labute approximate surface area is 109 Å². The van der Waals surface area contributed by atoms with Crippen LogP contribution in [0.2, 0.25) is 0 Å². The summed E-state index contributed by atoms with van der Waals surface area (Å²) in [4.78, 5) is 8.30. The Morgan fingerprint density at radius 2 is 1.67 bits per heavy atom. The Morgan fingerprint density at radius 1 is 0.944 bits per heavy atom. The Bertz CT molecular complexity index is 400. The fourth-order valence-corrected chi connectivity index (χ4v) is 2.30. The van der Waals surface area contributed by atoms with Gasteiger partial charge in [-0.3, -0.25) is 0 Å². The molecule has 0 amide bonds. The van der Waals surface area contributed by atoms with E-state index in [2.05, 4.69) is 47.2 Å². The van der Waals surface area contributed by atoms with Gasteiger partial charge in [-0.2, -0.15) is 0 Å². The number of benzene rings is 1. The van der Waals surface area contributed by atoms with Crippen LogP contribution in [0, 0.1) is 0 Å². The first kappa shape index (κ1) is 12.7. The zero-order valence-corrected chi connectivity index (χ0v) is 10.9. The van der Waals surface area contributed by atoms with Gasteiger partial charge in [-0.05, 0) is 17.5 Å². The molecule has 0 aliphatic heterocycles. The van der Waals surface area contributed by atoms with E-state index in [0.717, 1.165) is 0 Å². The lowest BCUT2D eigenvalue weighted by atomic mass is 9.88. The van der Waals surface area contributed by atoms with E-state index in [4.69, 9.17) is 0 Å². The summed E-state index contributed by atoms with van der Waals surface area (Å²) in [6.07, 6.45) is 10.4. The Hall–Kier alpha value is -1.70. The first-order valence-corrected chi connectivity index (χ1v) is 6.71. The molecule has 0 N–H and O–H groups in total. The molecule has 2 aromatic rings. The average Bonchev–Trinajstić information content (AvgIpc) is 2.46. The van der Waals surface area contributed by atoms with Gasteiger partial charge in [-0.25, -0.2) is 9.97 Å². The third-order valence-electron chi connectivity index (χ3n) is 3.28. The van der Waals surface area contributed by atoms with Crippen molar-refractivity contribution in [1.29, 1.82) is 0 Å². The molecule has 0 aliphatic rings. The van der Waals surface area contributed by atoms with Crippen LogP contribution in [0.5, 0.6) is 0 Å². The van der Waals surface area contributed by atoms with Gasteiger partial charge in [0.2, 0.25) is 0 Å². The molecule has 2 nitrogen and oxygen atoms in total. The van der Waals surface area contributed by atoms with Crippen LogP contribution in [-0.4, -0.2) is 9.97 Å². The summed E-state index contributed by atoms with van der Waals surface area (Å²) in [7, 11) is 0. The molecule has 0 bridgehead atoms. The molecule has 0 fully saturated rings. The number of hydrogen-bond acceptors (Lipinski definition) is 2. The summed E-state index contributed by atoms with van der Waals surface area (Å²) in [5.74, 6) is 0.430. The second-order valence-electron chi connectivity index (χ2n) is 4.63. The van der Waals surface area contributed by atoms with Gasteiger partial charge in [-0.15, -0.1) is 0 Å². The SMILES string of the molecule is CCCCCC(c1ccccc1)c1cncnc1. The highest BCUT2D eigenvalue weighted by Gasteiger charge is 2.13. The van der Waals surface area contributed by atoms with E-state index in [1.165, 1.54) is 36.8 Å². The second kappa shape index (κ2) is 6.90. The highest BCUT2D eigenvalue weighted by molar-refractivity contribution is 5.29. The normalized spacial score (nSPS) is 12.3. The minimum absolute atomic E-state index is 0.430. The van der Waals surface area contributed by atoms with Crippen LogP contribution < -0.4 is 0 Å². The molecule has 1 aromatic carbocycles. The van der Waals surface area contributed by atoms with Crippen LogP contribution in [-0.2, 0) is 0 Å². The number of aromatic nitrogens is 2. The molecular formula is C16H20N2. The molecule has 2 rings (SSSR count). The topological polar surface area (TPSA) is 25.8 Å². The van der Waals surface area contributed by atoms with Crippen LogP contribution >= 0.6 is 0 Å². The van der Waals surface area contributed by atoms with E-state index >= 15 is 0 Å². The molecule has 0 saturated carbocycles. The summed E-state index contributed by atoms with van der Waals surface area (Å²) in [6.45, 7) is 2.24. The van der Waals surface area contributed by atoms with Crippen molar-refractivity contribution in [1.82, 2.24) is 9.97 Å². The van der Waals surface area contributed by atoms with Crippen molar-refractivity contribution < 1.29 is 0 Å². The van der Waals surface area contributed by atoms with Crippen LogP contribution in [0.4, 0.5) is 0 Å². The molecule has 0 saturated heterocycles. The van der Waals surface area contributed by atoms with E-state index < -0.39 is 0 Å². The minimum atomic E-state index is 0.430. The highest BCUT2D eigenvalue weighted by atomic mass is 14.8. The Balaban J connectivity index is 2.18. The monoisotopic (exact) mass is 240 g/mol. The zero-order chi connectivity index (χ0) is 12.6. The van der Waals surface area contributed by atoms with Gasteiger partial charge in [0.05, 0.1) is 0 Å². The van der Waals surface area contributed by atoms with E-state index in [9.17, 15) is 0 Å². The lowest BCUT2D eigenvalue weighted by molar-refractivity contribution is 0.616. The maximum Gasteiger partial charge on any atom is 0.115 e. The molecule has 0 spiro atoms. The first-order chi connectivity index (χ1) is 8.92. The molecule has 94 valence electrons. The summed E-state index contributed by atoms with van der Waals surface area (Å²) < 4.78 is 0. The molecule has 0 aliphatic carbocycles. The quantitative estimate of drug-likeness (QED) is 0.707. The standard InChI is InChI=1S/C16H20N2/c1-2-3-5-10-16(14-8-6-4-7-9-14)15-11-17-13-18-12-15/h4,6-9,11-13,16H,2-3,5,10H2,1H3. The molecule has 1 unspecified atom stereocenters. The van der Waals surface area contributed by atoms with Crippen molar-refractivity contribution in [3.8, 4) is 0 Å². The molecule has 0 radical (unpaired) electrons. The molecule has 2 heteroatoms. The first-order valence-electron chi connectivity index (χ1n) is 6.71. The highest BCUT2D eigenvalue weighted by Crippen LogP contribution is 2.28. The number of nitrogens with zero attached hydrogens (tertiary/aromatic N) is 2. The molecular weight excluding hydrogens is 220 g/mol. The number of unbranched alkanes of at least 4 members (excludes halogenated alkanes) is 2. The summed E-state index contributed by atoms with van der Waals surface area (Å²) in [5.41, 5.74) is 2.59. The minimum Gasteiger partial charge on any atom is -0.245 e. The summed E-state index contributed by atoms with van der Waals surface area (Å²) in [5, 5.41) is 0. The van der Waals surface area contributed by atoms with Crippen molar-refractivity contribution in [3.63, 3.8) is 0 Å². The van der Waals surface area contributed by atoms with Gasteiger partial charge in [0.15, 0.2) is 0 Å². The van der Waals surface area contributed by atoms with Crippen molar-refractivity contribution >= 4 is 0 Å². The lowest BCUT2D eigenvalue weighted by Crippen LogP contribution is -2.02. The van der Waals surface area contributed by atoms with E-state index in [1.54, 1.807) is 6.33 Å². The van der Waals surface area contributed by atoms with E-state index in [1.807, 2.05) is 12.4 Å². The number of rotatable bonds is 6. The summed E-state index contributed by atoms with van der Waals surface area (Å²) in [6, 6.07) is 10.7. The van der Waals surface area contributed by atoms with Gasteiger partial charge < -0.3 is 0 Å². The molecule has 1 heterocycles. The van der Waals surface area contributed by atoms with Crippen LogP contribution in [0.15, 0.2) is 49.1 Å². The lowest BCUT2D eigenvalue weighted by Gasteiger charge is -2.17. The van der Waals surface area contributed by atoms with Gasteiger partial charge in [0, 0.05) is 18.3 Å². The molecule has 18 heavy (non-hydrogen) atoms.